The van der Waals surface area contributed by atoms with Crippen molar-refractivity contribution in [3.63, 3.8) is 0 Å². The van der Waals surface area contributed by atoms with Gasteiger partial charge in [-0.05, 0) is 30.9 Å². The molecule has 0 atom stereocenters. The molecular formula is C11H18ClN5. The van der Waals surface area contributed by atoms with Gasteiger partial charge in [0, 0.05) is 26.7 Å². The number of nitrogens with zero attached hydrogens (tertiary/aromatic N) is 5. The Labute approximate surface area is 107 Å². The molecule has 0 unspecified atom stereocenters. The first-order valence-corrected chi connectivity index (χ1v) is 6.46. The van der Waals surface area contributed by atoms with Crippen LogP contribution in [0.15, 0.2) is 0 Å². The standard InChI is InChI=1S/C11H18ClN5/c1-3-6-16(2)10-13-9(12)14-11(15-10)17-7-4-5-8-17/h3-8H2,1-2H3. The van der Waals surface area contributed by atoms with Gasteiger partial charge in [0.1, 0.15) is 0 Å². The molecular weight excluding hydrogens is 238 g/mol. The summed E-state index contributed by atoms with van der Waals surface area (Å²) in [6.45, 7) is 5.06. The summed E-state index contributed by atoms with van der Waals surface area (Å²) < 4.78 is 0. The van der Waals surface area contributed by atoms with E-state index in [1.807, 2.05) is 11.9 Å². The summed E-state index contributed by atoms with van der Waals surface area (Å²) in [7, 11) is 1.98. The highest BCUT2D eigenvalue weighted by Crippen LogP contribution is 2.19. The van der Waals surface area contributed by atoms with Gasteiger partial charge in [0.05, 0.1) is 0 Å². The van der Waals surface area contributed by atoms with Crippen molar-refractivity contribution < 1.29 is 0 Å². The number of hydrogen-bond donors (Lipinski definition) is 0. The summed E-state index contributed by atoms with van der Waals surface area (Å²) in [5.41, 5.74) is 0. The molecule has 0 radical (unpaired) electrons. The van der Waals surface area contributed by atoms with Crippen LogP contribution in [0.2, 0.25) is 5.28 Å². The molecule has 6 heteroatoms. The Hall–Kier alpha value is -1.10. The van der Waals surface area contributed by atoms with Gasteiger partial charge in [-0.25, -0.2) is 0 Å². The molecule has 0 aromatic carbocycles. The number of hydrogen-bond acceptors (Lipinski definition) is 5. The van der Waals surface area contributed by atoms with Gasteiger partial charge >= 0.3 is 0 Å². The minimum atomic E-state index is 0.278. The van der Waals surface area contributed by atoms with Crippen molar-refractivity contribution in [3.05, 3.63) is 5.28 Å². The number of anilines is 2. The van der Waals surface area contributed by atoms with Crippen LogP contribution in [0, 0.1) is 0 Å². The van der Waals surface area contributed by atoms with E-state index in [-0.39, 0.29) is 5.28 Å². The van der Waals surface area contributed by atoms with E-state index in [1.54, 1.807) is 0 Å². The van der Waals surface area contributed by atoms with Crippen LogP contribution in [0.3, 0.4) is 0 Å². The molecule has 0 bridgehead atoms. The Bertz CT molecular complexity index is 378. The van der Waals surface area contributed by atoms with Crippen molar-refractivity contribution in [1.29, 1.82) is 0 Å². The fourth-order valence-electron chi connectivity index (χ4n) is 1.99. The van der Waals surface area contributed by atoms with Gasteiger partial charge in [0.15, 0.2) is 0 Å². The van der Waals surface area contributed by atoms with Gasteiger partial charge in [-0.1, -0.05) is 6.92 Å². The number of rotatable bonds is 4. The van der Waals surface area contributed by atoms with Crippen molar-refractivity contribution in [2.45, 2.75) is 26.2 Å². The van der Waals surface area contributed by atoms with Crippen molar-refractivity contribution in [2.24, 2.45) is 0 Å². The third kappa shape index (κ3) is 2.97. The monoisotopic (exact) mass is 255 g/mol. The Morgan fingerprint density at radius 1 is 1.24 bits per heavy atom. The van der Waals surface area contributed by atoms with E-state index in [0.29, 0.717) is 11.9 Å². The SMILES string of the molecule is CCCN(C)c1nc(Cl)nc(N2CCCC2)n1. The molecule has 1 aliphatic rings. The average Bonchev–Trinajstić information content (AvgIpc) is 2.82. The van der Waals surface area contributed by atoms with Crippen molar-refractivity contribution in [2.75, 3.05) is 36.5 Å². The van der Waals surface area contributed by atoms with Gasteiger partial charge in [-0.3, -0.25) is 0 Å². The van der Waals surface area contributed by atoms with Crippen LogP contribution in [0.5, 0.6) is 0 Å². The smallest absolute Gasteiger partial charge is 0.231 e. The largest absolute Gasteiger partial charge is 0.344 e. The molecule has 5 nitrogen and oxygen atoms in total. The lowest BCUT2D eigenvalue weighted by atomic mass is 10.4. The molecule has 1 aliphatic heterocycles. The summed E-state index contributed by atoms with van der Waals surface area (Å²) in [6.07, 6.45) is 3.45. The maximum atomic E-state index is 5.96. The maximum absolute atomic E-state index is 5.96. The molecule has 2 heterocycles. The molecule has 1 saturated heterocycles. The van der Waals surface area contributed by atoms with Crippen molar-refractivity contribution >= 4 is 23.5 Å². The molecule has 0 N–H and O–H groups in total. The normalized spacial score (nSPS) is 15.4. The predicted octanol–water partition coefficient (Wildman–Crippen LogP) is 1.97. The van der Waals surface area contributed by atoms with E-state index in [2.05, 4.69) is 26.8 Å². The van der Waals surface area contributed by atoms with E-state index in [4.69, 9.17) is 11.6 Å². The van der Waals surface area contributed by atoms with Crippen LogP contribution >= 0.6 is 11.6 Å². The van der Waals surface area contributed by atoms with Crippen LogP contribution in [0.4, 0.5) is 11.9 Å². The van der Waals surface area contributed by atoms with E-state index in [9.17, 15) is 0 Å². The molecule has 1 aromatic rings. The zero-order valence-electron chi connectivity index (χ0n) is 10.4. The van der Waals surface area contributed by atoms with Crippen LogP contribution in [-0.4, -0.2) is 41.6 Å². The number of aromatic nitrogens is 3. The quantitative estimate of drug-likeness (QED) is 0.823. The summed E-state index contributed by atoms with van der Waals surface area (Å²) >= 11 is 5.96. The first-order valence-electron chi connectivity index (χ1n) is 6.08. The molecule has 94 valence electrons. The Morgan fingerprint density at radius 3 is 2.59 bits per heavy atom. The zero-order valence-corrected chi connectivity index (χ0v) is 11.1. The highest BCUT2D eigenvalue weighted by Gasteiger charge is 2.17. The minimum absolute atomic E-state index is 0.278. The summed E-state index contributed by atoms with van der Waals surface area (Å²) in [5.74, 6) is 1.37. The molecule has 1 aromatic heterocycles. The van der Waals surface area contributed by atoms with E-state index >= 15 is 0 Å². The maximum Gasteiger partial charge on any atom is 0.231 e. The molecule has 2 rings (SSSR count). The highest BCUT2D eigenvalue weighted by molar-refractivity contribution is 6.28. The third-order valence-corrected chi connectivity index (χ3v) is 3.04. The second-order valence-corrected chi connectivity index (χ2v) is 4.66. The first kappa shape index (κ1) is 12.4. The summed E-state index contributed by atoms with van der Waals surface area (Å²) in [4.78, 5) is 17.0. The van der Waals surface area contributed by atoms with Crippen molar-refractivity contribution in [3.8, 4) is 0 Å². The lowest BCUT2D eigenvalue weighted by Crippen LogP contribution is -2.25. The second kappa shape index (κ2) is 5.49. The third-order valence-electron chi connectivity index (χ3n) is 2.87. The van der Waals surface area contributed by atoms with Gasteiger partial charge in [0.2, 0.25) is 17.2 Å². The van der Waals surface area contributed by atoms with Gasteiger partial charge < -0.3 is 9.80 Å². The fourth-order valence-corrected chi connectivity index (χ4v) is 2.15. The zero-order chi connectivity index (χ0) is 12.3. The molecule has 17 heavy (non-hydrogen) atoms. The molecule has 0 saturated carbocycles. The van der Waals surface area contributed by atoms with Crippen LogP contribution in [-0.2, 0) is 0 Å². The highest BCUT2D eigenvalue weighted by atomic mass is 35.5. The lowest BCUT2D eigenvalue weighted by Gasteiger charge is -2.19. The predicted molar refractivity (Wildman–Crippen MR) is 69.8 cm³/mol. The van der Waals surface area contributed by atoms with Crippen LogP contribution in [0.25, 0.3) is 0 Å². The Kier molecular flexibility index (Phi) is 3.99. The first-order chi connectivity index (χ1) is 8.20. The average molecular weight is 256 g/mol. The molecule has 0 amide bonds. The van der Waals surface area contributed by atoms with E-state index in [1.165, 1.54) is 12.8 Å². The Balaban J connectivity index is 2.22. The topological polar surface area (TPSA) is 45.2 Å². The van der Waals surface area contributed by atoms with Crippen molar-refractivity contribution in [1.82, 2.24) is 15.0 Å². The number of halogens is 1. The van der Waals surface area contributed by atoms with Gasteiger partial charge in [-0.2, -0.15) is 15.0 Å². The van der Waals surface area contributed by atoms with E-state index in [0.717, 1.165) is 26.1 Å². The molecule has 1 fully saturated rings. The van der Waals surface area contributed by atoms with Gasteiger partial charge in [-0.15, -0.1) is 0 Å². The van der Waals surface area contributed by atoms with Gasteiger partial charge in [0.25, 0.3) is 0 Å². The minimum Gasteiger partial charge on any atom is -0.344 e. The van der Waals surface area contributed by atoms with Crippen LogP contribution in [0.1, 0.15) is 26.2 Å². The summed E-state index contributed by atoms with van der Waals surface area (Å²) in [6, 6.07) is 0. The summed E-state index contributed by atoms with van der Waals surface area (Å²) in [5, 5.41) is 0.278. The fraction of sp³-hybridized carbons (Fsp3) is 0.727. The molecule has 0 aliphatic carbocycles. The molecule has 0 spiro atoms. The lowest BCUT2D eigenvalue weighted by molar-refractivity contribution is 0.798. The van der Waals surface area contributed by atoms with Crippen LogP contribution < -0.4 is 9.80 Å². The van der Waals surface area contributed by atoms with E-state index < -0.39 is 0 Å². The Morgan fingerprint density at radius 2 is 1.94 bits per heavy atom. The second-order valence-electron chi connectivity index (χ2n) is 4.32.